The lowest BCUT2D eigenvalue weighted by Crippen LogP contribution is -2.24. The van der Waals surface area contributed by atoms with Crippen LogP contribution in [0.15, 0.2) is 39.7 Å². The van der Waals surface area contributed by atoms with Gasteiger partial charge in [-0.05, 0) is 30.7 Å². The molecular weight excluding hydrogens is 399 g/mol. The summed E-state index contributed by atoms with van der Waals surface area (Å²) in [7, 11) is 0. The molecule has 2 aromatic rings. The van der Waals surface area contributed by atoms with E-state index in [1.54, 1.807) is 18.2 Å². The van der Waals surface area contributed by atoms with Gasteiger partial charge in [-0.1, -0.05) is 15.9 Å². The summed E-state index contributed by atoms with van der Waals surface area (Å²) in [4.78, 5) is 0.692. The van der Waals surface area contributed by atoms with Gasteiger partial charge in [0.1, 0.15) is 17.3 Å². The maximum Gasteiger partial charge on any atom is 0.196 e. The van der Waals surface area contributed by atoms with E-state index >= 15 is 0 Å². The molecule has 4 nitrogen and oxygen atoms in total. The van der Waals surface area contributed by atoms with Crippen molar-refractivity contribution in [2.75, 3.05) is 13.2 Å². The SMILES string of the molecule is OSc1ccc(Oc2cc(F)cc(Br)c2)c2c1C1(CC2)OCCO1. The lowest BCUT2D eigenvalue weighted by Gasteiger charge is -2.25. The highest BCUT2D eigenvalue weighted by molar-refractivity contribution is 9.10. The maximum absolute atomic E-state index is 13.6. The molecule has 0 atom stereocenters. The molecule has 2 aliphatic rings. The number of ether oxygens (including phenoxy) is 3. The summed E-state index contributed by atoms with van der Waals surface area (Å²) >= 11 is 3.94. The predicted octanol–water partition coefficient (Wildman–Crippen LogP) is 5.09. The molecule has 1 saturated heterocycles. The molecule has 0 aromatic heterocycles. The van der Waals surface area contributed by atoms with Crippen LogP contribution in [-0.2, 0) is 21.7 Å². The molecule has 1 fully saturated rings. The average Bonchev–Trinajstić information content (AvgIpc) is 3.16. The molecule has 1 spiro atoms. The van der Waals surface area contributed by atoms with Gasteiger partial charge >= 0.3 is 0 Å². The van der Waals surface area contributed by atoms with Gasteiger partial charge < -0.3 is 18.8 Å². The van der Waals surface area contributed by atoms with Gasteiger partial charge in [0.05, 0.1) is 13.2 Å². The van der Waals surface area contributed by atoms with Crippen molar-refractivity contribution in [2.24, 2.45) is 0 Å². The number of benzene rings is 2. The van der Waals surface area contributed by atoms with Gasteiger partial charge in [0.2, 0.25) is 0 Å². The maximum atomic E-state index is 13.6. The van der Waals surface area contributed by atoms with Crippen molar-refractivity contribution < 1.29 is 23.2 Å². The minimum Gasteiger partial charge on any atom is -0.457 e. The van der Waals surface area contributed by atoms with E-state index in [9.17, 15) is 8.94 Å². The molecule has 0 saturated carbocycles. The van der Waals surface area contributed by atoms with Gasteiger partial charge in [-0.3, -0.25) is 0 Å². The molecule has 1 heterocycles. The molecule has 0 unspecified atom stereocenters. The monoisotopic (exact) mass is 412 g/mol. The van der Waals surface area contributed by atoms with Crippen LogP contribution in [0.3, 0.4) is 0 Å². The second kappa shape index (κ2) is 6.31. The molecule has 1 aliphatic carbocycles. The highest BCUT2D eigenvalue weighted by Crippen LogP contribution is 2.50. The van der Waals surface area contributed by atoms with Crippen molar-refractivity contribution in [1.29, 1.82) is 0 Å². The highest BCUT2D eigenvalue weighted by atomic mass is 79.9. The summed E-state index contributed by atoms with van der Waals surface area (Å²) in [6.45, 7) is 1.05. The average molecular weight is 413 g/mol. The number of fused-ring (bicyclic) bond motifs is 2. The Bertz CT molecular complexity index is 772. The molecule has 4 rings (SSSR count). The molecule has 0 amide bonds. The number of hydrogen-bond acceptors (Lipinski definition) is 5. The van der Waals surface area contributed by atoms with Gasteiger partial charge in [0.15, 0.2) is 5.79 Å². The van der Waals surface area contributed by atoms with Crippen LogP contribution in [-0.4, -0.2) is 17.8 Å². The summed E-state index contributed by atoms with van der Waals surface area (Å²) in [5.74, 6) is -0.154. The van der Waals surface area contributed by atoms with Crippen LogP contribution in [0.4, 0.5) is 4.39 Å². The molecular formula is C17H14BrFO4S. The first-order chi connectivity index (χ1) is 11.6. The largest absolute Gasteiger partial charge is 0.457 e. The Morgan fingerprint density at radius 2 is 2.00 bits per heavy atom. The number of hydrogen-bond donors (Lipinski definition) is 1. The van der Waals surface area contributed by atoms with Crippen molar-refractivity contribution >= 4 is 28.0 Å². The van der Waals surface area contributed by atoms with Crippen LogP contribution in [0.5, 0.6) is 11.5 Å². The Balaban J connectivity index is 1.77. The lowest BCUT2D eigenvalue weighted by molar-refractivity contribution is -0.164. The van der Waals surface area contributed by atoms with E-state index in [1.807, 2.05) is 0 Å². The fourth-order valence-corrected chi connectivity index (χ4v) is 4.26. The van der Waals surface area contributed by atoms with Crippen molar-refractivity contribution in [3.63, 3.8) is 0 Å². The zero-order chi connectivity index (χ0) is 16.7. The molecule has 24 heavy (non-hydrogen) atoms. The third-order valence-corrected chi connectivity index (χ3v) is 5.23. The van der Waals surface area contributed by atoms with E-state index < -0.39 is 5.79 Å². The highest BCUT2D eigenvalue weighted by Gasteiger charge is 2.47. The number of halogens is 2. The first-order valence-corrected chi connectivity index (χ1v) is 9.07. The summed E-state index contributed by atoms with van der Waals surface area (Å²) in [6, 6.07) is 7.96. The summed E-state index contributed by atoms with van der Waals surface area (Å²) in [5.41, 5.74) is 1.75. The van der Waals surface area contributed by atoms with Gasteiger partial charge in [-0.25, -0.2) is 4.39 Å². The fourth-order valence-electron chi connectivity index (χ4n) is 3.32. The second-order valence-corrected chi connectivity index (χ2v) is 7.20. The minimum atomic E-state index is -0.803. The van der Waals surface area contributed by atoms with E-state index in [4.69, 9.17) is 14.2 Å². The van der Waals surface area contributed by atoms with Crippen molar-refractivity contribution in [3.8, 4) is 11.5 Å². The van der Waals surface area contributed by atoms with Crippen LogP contribution in [0, 0.1) is 5.82 Å². The zero-order valence-electron chi connectivity index (χ0n) is 12.6. The van der Waals surface area contributed by atoms with E-state index in [0.29, 0.717) is 59.0 Å². The molecule has 126 valence electrons. The van der Waals surface area contributed by atoms with Gasteiger partial charge in [-0.2, -0.15) is 0 Å². The smallest absolute Gasteiger partial charge is 0.196 e. The van der Waals surface area contributed by atoms with E-state index in [1.165, 1.54) is 12.1 Å². The normalized spacial score (nSPS) is 18.1. The molecule has 7 heteroatoms. The standard InChI is InChI=1S/C17H14BrFO4S/c18-10-7-11(19)9-12(8-10)23-14-1-2-15(24-20)16-13(14)3-4-17(16)21-5-6-22-17/h1-2,7-9,20H,3-6H2. The van der Waals surface area contributed by atoms with Crippen LogP contribution in [0.1, 0.15) is 17.5 Å². The zero-order valence-corrected chi connectivity index (χ0v) is 15.0. The van der Waals surface area contributed by atoms with E-state index in [0.717, 1.165) is 11.1 Å². The van der Waals surface area contributed by atoms with Crippen LogP contribution < -0.4 is 4.74 Å². The van der Waals surface area contributed by atoms with E-state index in [2.05, 4.69) is 15.9 Å². The van der Waals surface area contributed by atoms with Crippen LogP contribution in [0.25, 0.3) is 0 Å². The summed E-state index contributed by atoms with van der Waals surface area (Å²) in [5, 5.41) is 0. The molecule has 1 aliphatic heterocycles. The minimum absolute atomic E-state index is 0.377. The molecule has 1 N–H and O–H groups in total. The first kappa shape index (κ1) is 16.4. The predicted molar refractivity (Wildman–Crippen MR) is 91.0 cm³/mol. The number of rotatable bonds is 3. The summed E-state index contributed by atoms with van der Waals surface area (Å²) in [6.07, 6.45) is 1.37. The third kappa shape index (κ3) is 2.74. The second-order valence-electron chi connectivity index (χ2n) is 5.66. The van der Waals surface area contributed by atoms with Crippen molar-refractivity contribution in [1.82, 2.24) is 0 Å². The lowest BCUT2D eigenvalue weighted by atomic mass is 10.1. The Labute approximate surface area is 151 Å². The Morgan fingerprint density at radius 3 is 2.71 bits per heavy atom. The Morgan fingerprint density at radius 1 is 1.21 bits per heavy atom. The van der Waals surface area contributed by atoms with Crippen molar-refractivity contribution in [3.05, 3.63) is 51.7 Å². The summed E-state index contributed by atoms with van der Waals surface area (Å²) < 4.78 is 41.4. The van der Waals surface area contributed by atoms with Crippen molar-refractivity contribution in [2.45, 2.75) is 23.5 Å². The third-order valence-electron chi connectivity index (χ3n) is 4.23. The van der Waals surface area contributed by atoms with Gasteiger partial charge in [0, 0.05) is 45.0 Å². The molecule has 0 radical (unpaired) electrons. The quantitative estimate of drug-likeness (QED) is 0.711. The fraction of sp³-hybridized carbons (Fsp3) is 0.294. The topological polar surface area (TPSA) is 47.9 Å². The van der Waals surface area contributed by atoms with Crippen LogP contribution >= 0.6 is 28.0 Å². The van der Waals surface area contributed by atoms with Gasteiger partial charge in [0.25, 0.3) is 0 Å². The Kier molecular flexibility index (Phi) is 4.30. The van der Waals surface area contributed by atoms with Crippen LogP contribution in [0.2, 0.25) is 0 Å². The molecule has 2 aromatic carbocycles. The first-order valence-electron chi connectivity index (χ1n) is 7.51. The molecule has 0 bridgehead atoms. The van der Waals surface area contributed by atoms with Gasteiger partial charge in [-0.15, -0.1) is 0 Å². The Hall–Kier alpha value is -1.12. The van der Waals surface area contributed by atoms with E-state index in [-0.39, 0.29) is 5.82 Å².